The van der Waals surface area contributed by atoms with Crippen molar-refractivity contribution in [3.05, 3.63) is 33.8 Å². The fourth-order valence-electron chi connectivity index (χ4n) is 2.18. The molecule has 0 aliphatic carbocycles. The van der Waals surface area contributed by atoms with Crippen molar-refractivity contribution in [3.8, 4) is 0 Å². The molecule has 8 heteroatoms. The molecule has 1 fully saturated rings. The number of ether oxygens (including phenoxy) is 1. The Balaban J connectivity index is 1.63. The summed E-state index contributed by atoms with van der Waals surface area (Å²) >= 11 is 13.6. The van der Waals surface area contributed by atoms with Crippen LogP contribution in [-0.2, 0) is 17.0 Å². The van der Waals surface area contributed by atoms with E-state index in [1.165, 1.54) is 0 Å². The Bertz CT molecular complexity index is 616. The molecule has 0 N–H and O–H groups in total. The van der Waals surface area contributed by atoms with Crippen LogP contribution >= 0.6 is 35.0 Å². The van der Waals surface area contributed by atoms with Gasteiger partial charge in [0.25, 0.3) is 0 Å². The highest BCUT2D eigenvalue weighted by Gasteiger charge is 2.19. The van der Waals surface area contributed by atoms with E-state index in [0.29, 0.717) is 22.3 Å². The van der Waals surface area contributed by atoms with Crippen LogP contribution < -0.4 is 0 Å². The average Bonchev–Trinajstić information content (AvgIpc) is 3.10. The molecule has 5 nitrogen and oxygen atoms in total. The van der Waals surface area contributed by atoms with Crippen LogP contribution in [0.1, 0.15) is 18.4 Å². The molecular formula is C13H14Cl2N4OS. The van der Waals surface area contributed by atoms with E-state index in [-0.39, 0.29) is 6.10 Å². The van der Waals surface area contributed by atoms with Gasteiger partial charge in [-0.2, -0.15) is 0 Å². The molecule has 1 unspecified atom stereocenters. The quantitative estimate of drug-likeness (QED) is 0.777. The Kier molecular flexibility index (Phi) is 5.00. The van der Waals surface area contributed by atoms with Gasteiger partial charge in [-0.3, -0.25) is 0 Å². The van der Waals surface area contributed by atoms with Crippen molar-refractivity contribution in [1.29, 1.82) is 0 Å². The minimum absolute atomic E-state index is 0.215. The predicted octanol–water partition coefficient (Wildman–Crippen LogP) is 3.45. The zero-order valence-electron chi connectivity index (χ0n) is 11.2. The minimum Gasteiger partial charge on any atom is -0.376 e. The molecule has 2 aromatic rings. The second-order valence-electron chi connectivity index (χ2n) is 4.80. The van der Waals surface area contributed by atoms with Crippen LogP contribution in [0.3, 0.4) is 0 Å². The fourth-order valence-corrected chi connectivity index (χ4v) is 3.62. The molecule has 1 atom stereocenters. The van der Waals surface area contributed by atoms with Crippen molar-refractivity contribution in [2.24, 2.45) is 0 Å². The van der Waals surface area contributed by atoms with Gasteiger partial charge in [-0.1, -0.05) is 41.0 Å². The maximum absolute atomic E-state index is 6.17. The number of aromatic nitrogens is 4. The third-order valence-corrected chi connectivity index (χ3v) is 4.86. The maximum atomic E-state index is 6.17. The van der Waals surface area contributed by atoms with Gasteiger partial charge in [-0.15, -0.1) is 5.10 Å². The van der Waals surface area contributed by atoms with Crippen molar-refractivity contribution < 1.29 is 4.74 Å². The Morgan fingerprint density at radius 2 is 2.29 bits per heavy atom. The normalized spacial score (nSPS) is 18.3. The van der Waals surface area contributed by atoms with Gasteiger partial charge < -0.3 is 4.74 Å². The topological polar surface area (TPSA) is 52.8 Å². The Morgan fingerprint density at radius 1 is 1.38 bits per heavy atom. The van der Waals surface area contributed by atoms with Crippen LogP contribution in [0.2, 0.25) is 10.0 Å². The Morgan fingerprint density at radius 3 is 3.05 bits per heavy atom. The zero-order chi connectivity index (χ0) is 14.7. The number of nitrogens with zero attached hydrogens (tertiary/aromatic N) is 4. The van der Waals surface area contributed by atoms with Crippen LogP contribution in [0.5, 0.6) is 0 Å². The summed E-state index contributed by atoms with van der Waals surface area (Å²) < 4.78 is 7.41. The molecular weight excluding hydrogens is 331 g/mol. The van der Waals surface area contributed by atoms with Gasteiger partial charge >= 0.3 is 0 Å². The highest BCUT2D eigenvalue weighted by molar-refractivity contribution is 7.98. The molecule has 1 aromatic heterocycles. The van der Waals surface area contributed by atoms with Gasteiger partial charge in [-0.25, -0.2) is 4.68 Å². The number of tetrazole rings is 1. The van der Waals surface area contributed by atoms with Crippen LogP contribution in [0, 0.1) is 0 Å². The van der Waals surface area contributed by atoms with E-state index in [1.54, 1.807) is 22.5 Å². The van der Waals surface area contributed by atoms with E-state index in [4.69, 9.17) is 27.9 Å². The van der Waals surface area contributed by atoms with Gasteiger partial charge in [-0.05, 0) is 41.0 Å². The first-order valence-corrected chi connectivity index (χ1v) is 8.41. The zero-order valence-corrected chi connectivity index (χ0v) is 13.5. The molecule has 0 bridgehead atoms. The van der Waals surface area contributed by atoms with Crippen molar-refractivity contribution in [2.75, 3.05) is 6.61 Å². The summed E-state index contributed by atoms with van der Waals surface area (Å²) in [5.74, 6) is 0.696. The first kappa shape index (κ1) is 15.1. The van der Waals surface area contributed by atoms with E-state index in [9.17, 15) is 0 Å². The maximum Gasteiger partial charge on any atom is 0.209 e. The van der Waals surface area contributed by atoms with Crippen molar-refractivity contribution in [3.63, 3.8) is 0 Å². The molecule has 21 heavy (non-hydrogen) atoms. The monoisotopic (exact) mass is 344 g/mol. The largest absolute Gasteiger partial charge is 0.376 e. The van der Waals surface area contributed by atoms with Crippen molar-refractivity contribution in [2.45, 2.75) is 36.4 Å². The minimum atomic E-state index is 0.215. The molecule has 3 rings (SSSR count). The third kappa shape index (κ3) is 3.88. The van der Waals surface area contributed by atoms with Gasteiger partial charge in [0, 0.05) is 22.4 Å². The predicted molar refractivity (Wildman–Crippen MR) is 82.8 cm³/mol. The Hall–Kier alpha value is -0.820. The molecule has 112 valence electrons. The number of hydrogen-bond acceptors (Lipinski definition) is 5. The molecule has 2 heterocycles. The van der Waals surface area contributed by atoms with E-state index >= 15 is 0 Å². The van der Waals surface area contributed by atoms with Crippen LogP contribution in [0.15, 0.2) is 23.4 Å². The Labute approximate surface area is 136 Å². The SMILES string of the molecule is Clc1ccc(CSc2nnnn2CC2CCCO2)c(Cl)c1. The van der Waals surface area contributed by atoms with Crippen LogP contribution in [0.25, 0.3) is 0 Å². The summed E-state index contributed by atoms with van der Waals surface area (Å²) in [6.07, 6.45) is 2.38. The fraction of sp³-hybridized carbons (Fsp3) is 0.462. The summed E-state index contributed by atoms with van der Waals surface area (Å²) in [6.45, 7) is 1.53. The van der Waals surface area contributed by atoms with Gasteiger partial charge in [0.05, 0.1) is 12.6 Å². The molecule has 1 aliphatic rings. The number of hydrogen-bond donors (Lipinski definition) is 0. The van der Waals surface area contributed by atoms with Gasteiger partial charge in [0.15, 0.2) is 0 Å². The first-order chi connectivity index (χ1) is 10.2. The van der Waals surface area contributed by atoms with Crippen molar-refractivity contribution >= 4 is 35.0 Å². The molecule has 1 aromatic carbocycles. The standard InChI is InChI=1S/C13H14Cl2N4OS/c14-10-4-3-9(12(15)6-10)8-21-13-16-17-18-19(13)7-11-2-1-5-20-11/h3-4,6,11H,1-2,5,7-8H2. The lowest BCUT2D eigenvalue weighted by atomic mass is 10.2. The summed E-state index contributed by atoms with van der Waals surface area (Å²) in [6, 6.07) is 5.50. The molecule has 0 amide bonds. The number of thioether (sulfide) groups is 1. The summed E-state index contributed by atoms with van der Waals surface area (Å²) in [7, 11) is 0. The number of halogens is 2. The average molecular weight is 345 g/mol. The van der Waals surface area contributed by atoms with Crippen LogP contribution in [0.4, 0.5) is 0 Å². The van der Waals surface area contributed by atoms with E-state index in [0.717, 1.165) is 30.2 Å². The summed E-state index contributed by atoms with van der Waals surface area (Å²) in [5.41, 5.74) is 1.01. The lowest BCUT2D eigenvalue weighted by molar-refractivity contribution is 0.0912. The lowest BCUT2D eigenvalue weighted by Crippen LogP contribution is -2.16. The smallest absolute Gasteiger partial charge is 0.209 e. The van der Waals surface area contributed by atoms with E-state index in [1.807, 2.05) is 12.1 Å². The second-order valence-corrected chi connectivity index (χ2v) is 6.59. The highest BCUT2D eigenvalue weighted by Crippen LogP contribution is 2.27. The lowest BCUT2D eigenvalue weighted by Gasteiger charge is -2.10. The van der Waals surface area contributed by atoms with E-state index in [2.05, 4.69) is 15.5 Å². The van der Waals surface area contributed by atoms with Gasteiger partial charge in [0.1, 0.15) is 0 Å². The molecule has 0 radical (unpaired) electrons. The second kappa shape index (κ2) is 6.96. The van der Waals surface area contributed by atoms with E-state index < -0.39 is 0 Å². The number of benzene rings is 1. The molecule has 1 aliphatic heterocycles. The molecule has 0 spiro atoms. The third-order valence-electron chi connectivity index (χ3n) is 3.27. The number of rotatable bonds is 5. The summed E-state index contributed by atoms with van der Waals surface area (Å²) in [4.78, 5) is 0. The summed E-state index contributed by atoms with van der Waals surface area (Å²) in [5, 5.41) is 13.9. The highest BCUT2D eigenvalue weighted by atomic mass is 35.5. The van der Waals surface area contributed by atoms with Gasteiger partial charge in [0.2, 0.25) is 5.16 Å². The van der Waals surface area contributed by atoms with Crippen LogP contribution in [-0.4, -0.2) is 32.9 Å². The molecule has 1 saturated heterocycles. The first-order valence-electron chi connectivity index (χ1n) is 6.67. The molecule has 0 saturated carbocycles. The van der Waals surface area contributed by atoms with Crippen molar-refractivity contribution in [1.82, 2.24) is 20.2 Å².